The zero-order valence-corrected chi connectivity index (χ0v) is 9.93. The number of rotatable bonds is 3. The Labute approximate surface area is 105 Å². The van der Waals surface area contributed by atoms with Crippen LogP contribution >= 0.6 is 0 Å². The van der Waals surface area contributed by atoms with Gasteiger partial charge in [-0.2, -0.15) is 0 Å². The van der Waals surface area contributed by atoms with E-state index in [0.29, 0.717) is 19.5 Å². The van der Waals surface area contributed by atoms with Crippen LogP contribution < -0.4 is 10.6 Å². The molecule has 0 spiro atoms. The van der Waals surface area contributed by atoms with E-state index >= 15 is 0 Å². The van der Waals surface area contributed by atoms with Crippen LogP contribution in [0.4, 0.5) is 10.5 Å². The van der Waals surface area contributed by atoms with Crippen molar-refractivity contribution < 1.29 is 9.53 Å². The molecule has 0 saturated carbocycles. The lowest BCUT2D eigenvalue weighted by molar-refractivity contribution is 0.138. The van der Waals surface area contributed by atoms with E-state index in [2.05, 4.69) is 4.98 Å². The molecule has 1 unspecified atom stereocenters. The number of H-pyrrole nitrogens is 1. The third kappa shape index (κ3) is 1.73. The number of carbonyl (C=O) groups excluding carboxylic acids is 1. The van der Waals surface area contributed by atoms with Gasteiger partial charge in [-0.05, 0) is 25.1 Å². The molecule has 5 heteroatoms. The topological polar surface area (TPSA) is 71.3 Å². The van der Waals surface area contributed by atoms with Crippen molar-refractivity contribution in [3.8, 4) is 0 Å². The minimum absolute atomic E-state index is 0.104. The lowest BCUT2D eigenvalue weighted by atomic mass is 10.2. The molecule has 94 valence electrons. The fourth-order valence-electron chi connectivity index (χ4n) is 2.35. The number of cyclic esters (lactones) is 1. The predicted molar refractivity (Wildman–Crippen MR) is 69.6 cm³/mol. The molecule has 0 aliphatic carbocycles. The second-order valence-corrected chi connectivity index (χ2v) is 4.41. The van der Waals surface area contributed by atoms with Crippen LogP contribution in [-0.4, -0.2) is 30.3 Å². The van der Waals surface area contributed by atoms with Gasteiger partial charge >= 0.3 is 6.09 Å². The van der Waals surface area contributed by atoms with E-state index in [-0.39, 0.29) is 12.2 Å². The van der Waals surface area contributed by atoms with Gasteiger partial charge in [0.1, 0.15) is 6.10 Å². The summed E-state index contributed by atoms with van der Waals surface area (Å²) in [6.07, 6.45) is 2.17. The molecule has 1 fully saturated rings. The molecule has 1 aliphatic rings. The van der Waals surface area contributed by atoms with Crippen molar-refractivity contribution in [2.24, 2.45) is 5.73 Å². The van der Waals surface area contributed by atoms with Gasteiger partial charge in [0.25, 0.3) is 0 Å². The minimum Gasteiger partial charge on any atom is -0.444 e. The monoisotopic (exact) mass is 245 g/mol. The van der Waals surface area contributed by atoms with Crippen LogP contribution in [0, 0.1) is 0 Å². The van der Waals surface area contributed by atoms with Crippen LogP contribution in [0.15, 0.2) is 30.5 Å². The molecule has 1 aromatic heterocycles. The third-order valence-electron chi connectivity index (χ3n) is 3.22. The maximum atomic E-state index is 11.9. The molecular weight excluding hydrogens is 230 g/mol. The smallest absolute Gasteiger partial charge is 0.414 e. The Kier molecular flexibility index (Phi) is 2.68. The summed E-state index contributed by atoms with van der Waals surface area (Å²) >= 11 is 0. The van der Waals surface area contributed by atoms with E-state index < -0.39 is 0 Å². The summed E-state index contributed by atoms with van der Waals surface area (Å²) in [5.41, 5.74) is 7.32. The van der Waals surface area contributed by atoms with Gasteiger partial charge in [0.05, 0.1) is 17.7 Å². The average molecular weight is 245 g/mol. The third-order valence-corrected chi connectivity index (χ3v) is 3.22. The summed E-state index contributed by atoms with van der Waals surface area (Å²) in [5, 5.41) is 1.09. The molecule has 0 bridgehead atoms. The number of aromatic amines is 1. The summed E-state index contributed by atoms with van der Waals surface area (Å²) in [5.74, 6) is 0. The Morgan fingerprint density at radius 3 is 3.17 bits per heavy atom. The Bertz CT molecular complexity index is 578. The van der Waals surface area contributed by atoms with E-state index in [0.717, 1.165) is 16.6 Å². The number of hydrogen-bond acceptors (Lipinski definition) is 3. The number of para-hydroxylation sites is 1. The highest BCUT2D eigenvalue weighted by molar-refractivity contribution is 6.00. The fraction of sp³-hybridized carbons (Fsp3) is 0.308. The average Bonchev–Trinajstić information content (AvgIpc) is 2.95. The van der Waals surface area contributed by atoms with Gasteiger partial charge in [-0.25, -0.2) is 4.79 Å². The molecule has 0 radical (unpaired) electrons. The van der Waals surface area contributed by atoms with E-state index in [1.807, 2.05) is 30.5 Å². The Morgan fingerprint density at radius 1 is 1.44 bits per heavy atom. The summed E-state index contributed by atoms with van der Waals surface area (Å²) in [4.78, 5) is 16.7. The summed E-state index contributed by atoms with van der Waals surface area (Å²) in [7, 11) is 0. The number of nitrogens with zero attached hydrogens (tertiary/aromatic N) is 1. The van der Waals surface area contributed by atoms with Gasteiger partial charge in [0, 0.05) is 11.6 Å². The molecule has 2 heterocycles. The summed E-state index contributed by atoms with van der Waals surface area (Å²) in [6.45, 7) is 1.09. The van der Waals surface area contributed by atoms with Gasteiger partial charge in [-0.15, -0.1) is 0 Å². The minimum atomic E-state index is -0.296. The maximum absolute atomic E-state index is 11.9. The van der Waals surface area contributed by atoms with Crippen molar-refractivity contribution in [3.05, 3.63) is 30.5 Å². The van der Waals surface area contributed by atoms with Crippen molar-refractivity contribution in [3.63, 3.8) is 0 Å². The van der Waals surface area contributed by atoms with Gasteiger partial charge in [0.2, 0.25) is 0 Å². The number of hydrogen-bond donors (Lipinski definition) is 2. The van der Waals surface area contributed by atoms with E-state index in [1.54, 1.807) is 4.90 Å². The fourth-order valence-corrected chi connectivity index (χ4v) is 2.35. The molecule has 2 aromatic rings. The first-order valence-electron chi connectivity index (χ1n) is 6.04. The van der Waals surface area contributed by atoms with E-state index in [1.165, 1.54) is 0 Å². The molecule has 3 rings (SSSR count). The molecule has 18 heavy (non-hydrogen) atoms. The molecule has 1 aromatic carbocycles. The molecular formula is C13H15N3O2. The van der Waals surface area contributed by atoms with Gasteiger partial charge in [-0.3, -0.25) is 4.90 Å². The first-order valence-corrected chi connectivity index (χ1v) is 6.04. The number of nitrogens with one attached hydrogen (secondary N) is 1. The first kappa shape index (κ1) is 11.1. The quantitative estimate of drug-likeness (QED) is 0.866. The number of carbonyl (C=O) groups is 1. The highest BCUT2D eigenvalue weighted by Crippen LogP contribution is 2.29. The van der Waals surface area contributed by atoms with Crippen LogP contribution in [0.1, 0.15) is 6.42 Å². The number of anilines is 1. The molecule has 1 saturated heterocycles. The van der Waals surface area contributed by atoms with Crippen molar-refractivity contribution in [2.75, 3.05) is 18.0 Å². The van der Waals surface area contributed by atoms with Crippen LogP contribution in [0.2, 0.25) is 0 Å². The predicted octanol–water partition coefficient (Wildman–Crippen LogP) is 1.84. The van der Waals surface area contributed by atoms with Gasteiger partial charge in [0.15, 0.2) is 0 Å². The second kappa shape index (κ2) is 4.34. The normalized spacial score (nSPS) is 19.5. The number of nitrogens with two attached hydrogens (primary N) is 1. The van der Waals surface area contributed by atoms with Crippen LogP contribution in [0.3, 0.4) is 0 Å². The number of amides is 1. The summed E-state index contributed by atoms with van der Waals surface area (Å²) < 4.78 is 5.29. The SMILES string of the molecule is NCCC1CN(c2cccc3cc[nH]c23)C(=O)O1. The van der Waals surface area contributed by atoms with E-state index in [9.17, 15) is 4.79 Å². The lowest BCUT2D eigenvalue weighted by Crippen LogP contribution is -2.25. The van der Waals surface area contributed by atoms with Gasteiger partial charge < -0.3 is 15.5 Å². The molecule has 1 aliphatic heterocycles. The van der Waals surface area contributed by atoms with Crippen molar-refractivity contribution >= 4 is 22.7 Å². The Morgan fingerprint density at radius 2 is 2.33 bits per heavy atom. The molecule has 1 amide bonds. The molecule has 5 nitrogen and oxygen atoms in total. The molecule has 1 atom stereocenters. The Balaban J connectivity index is 1.95. The number of aromatic nitrogens is 1. The highest BCUT2D eigenvalue weighted by Gasteiger charge is 2.32. The summed E-state index contributed by atoms with van der Waals surface area (Å²) in [6, 6.07) is 7.85. The highest BCUT2D eigenvalue weighted by atomic mass is 16.6. The molecule has 3 N–H and O–H groups in total. The standard InChI is InChI=1S/C13H15N3O2/c14-6-4-10-8-16(13(17)18-10)11-3-1-2-9-5-7-15-12(9)11/h1-3,5,7,10,15H,4,6,8,14H2. The number of benzene rings is 1. The zero-order chi connectivity index (χ0) is 12.5. The maximum Gasteiger partial charge on any atom is 0.414 e. The largest absolute Gasteiger partial charge is 0.444 e. The van der Waals surface area contributed by atoms with Gasteiger partial charge in [-0.1, -0.05) is 12.1 Å². The number of fused-ring (bicyclic) bond motifs is 1. The zero-order valence-electron chi connectivity index (χ0n) is 9.93. The van der Waals surface area contributed by atoms with Crippen molar-refractivity contribution in [1.29, 1.82) is 0 Å². The second-order valence-electron chi connectivity index (χ2n) is 4.41. The van der Waals surface area contributed by atoms with Crippen molar-refractivity contribution in [2.45, 2.75) is 12.5 Å². The Hall–Kier alpha value is -2.01. The van der Waals surface area contributed by atoms with Crippen LogP contribution in [0.5, 0.6) is 0 Å². The number of ether oxygens (including phenoxy) is 1. The first-order chi connectivity index (χ1) is 8.79. The van der Waals surface area contributed by atoms with E-state index in [4.69, 9.17) is 10.5 Å². The lowest BCUT2D eigenvalue weighted by Gasteiger charge is -2.13. The van der Waals surface area contributed by atoms with Crippen LogP contribution in [-0.2, 0) is 4.74 Å². The van der Waals surface area contributed by atoms with Crippen LogP contribution in [0.25, 0.3) is 10.9 Å². The van der Waals surface area contributed by atoms with Crippen molar-refractivity contribution in [1.82, 2.24) is 4.98 Å².